The van der Waals surface area contributed by atoms with Gasteiger partial charge in [-0.05, 0) is 25.5 Å². The Morgan fingerprint density at radius 2 is 2.10 bits per heavy atom. The van der Waals surface area contributed by atoms with Gasteiger partial charge in [0.1, 0.15) is 10.8 Å². The summed E-state index contributed by atoms with van der Waals surface area (Å²) < 4.78 is 0. The fourth-order valence-corrected chi connectivity index (χ4v) is 3.04. The van der Waals surface area contributed by atoms with E-state index in [1.54, 1.807) is 12.3 Å². The molecular formula is C15H17Cl2N3S. The molecule has 0 bridgehead atoms. The summed E-state index contributed by atoms with van der Waals surface area (Å²) in [5.41, 5.74) is 0.873. The second-order valence-electron chi connectivity index (χ2n) is 4.58. The number of halogens is 2. The SMILES string of the molecule is CCCCNc1cnc(Sc2cccc(Cl)c2Cl)c(C)n1. The highest BCUT2D eigenvalue weighted by atomic mass is 35.5. The van der Waals surface area contributed by atoms with E-state index in [4.69, 9.17) is 23.2 Å². The van der Waals surface area contributed by atoms with E-state index in [0.29, 0.717) is 10.0 Å². The highest BCUT2D eigenvalue weighted by Crippen LogP contribution is 2.37. The van der Waals surface area contributed by atoms with E-state index in [1.165, 1.54) is 11.8 Å². The quantitative estimate of drug-likeness (QED) is 0.708. The van der Waals surface area contributed by atoms with Gasteiger partial charge in [0.25, 0.3) is 0 Å². The van der Waals surface area contributed by atoms with E-state index < -0.39 is 0 Å². The zero-order chi connectivity index (χ0) is 15.2. The van der Waals surface area contributed by atoms with E-state index in [0.717, 1.165) is 40.8 Å². The van der Waals surface area contributed by atoms with Crippen LogP contribution in [0.4, 0.5) is 5.82 Å². The molecule has 2 aromatic rings. The van der Waals surface area contributed by atoms with Gasteiger partial charge >= 0.3 is 0 Å². The number of benzene rings is 1. The summed E-state index contributed by atoms with van der Waals surface area (Å²) in [4.78, 5) is 9.86. The number of anilines is 1. The van der Waals surface area contributed by atoms with Crippen LogP contribution in [0.15, 0.2) is 34.3 Å². The largest absolute Gasteiger partial charge is 0.369 e. The fraction of sp³-hybridized carbons (Fsp3) is 0.333. The van der Waals surface area contributed by atoms with Crippen molar-refractivity contribution < 1.29 is 0 Å². The number of hydrogen-bond donors (Lipinski definition) is 1. The van der Waals surface area contributed by atoms with Gasteiger partial charge in [-0.2, -0.15) is 0 Å². The average Bonchev–Trinajstić information content (AvgIpc) is 2.47. The number of hydrogen-bond acceptors (Lipinski definition) is 4. The van der Waals surface area contributed by atoms with Crippen molar-refractivity contribution in [1.29, 1.82) is 0 Å². The van der Waals surface area contributed by atoms with Crippen LogP contribution in [0.2, 0.25) is 10.0 Å². The molecule has 1 N–H and O–H groups in total. The Hall–Kier alpha value is -0.970. The molecule has 0 aliphatic rings. The van der Waals surface area contributed by atoms with Gasteiger partial charge in [0.15, 0.2) is 0 Å². The molecule has 0 unspecified atom stereocenters. The molecule has 6 heteroatoms. The van der Waals surface area contributed by atoms with Gasteiger partial charge in [0, 0.05) is 11.4 Å². The van der Waals surface area contributed by atoms with Crippen molar-refractivity contribution in [3.05, 3.63) is 40.1 Å². The van der Waals surface area contributed by atoms with Crippen LogP contribution in [-0.2, 0) is 0 Å². The summed E-state index contributed by atoms with van der Waals surface area (Å²) in [5, 5.41) is 5.20. The summed E-state index contributed by atoms with van der Waals surface area (Å²) in [6.07, 6.45) is 4.03. The van der Waals surface area contributed by atoms with E-state index in [2.05, 4.69) is 22.2 Å². The molecule has 0 radical (unpaired) electrons. The molecule has 3 nitrogen and oxygen atoms in total. The van der Waals surface area contributed by atoms with Gasteiger partial charge in [0.05, 0.1) is 21.9 Å². The molecule has 0 aliphatic heterocycles. The molecule has 2 rings (SSSR count). The summed E-state index contributed by atoms with van der Waals surface area (Å²) in [7, 11) is 0. The molecule has 1 aromatic carbocycles. The molecule has 0 spiro atoms. The smallest absolute Gasteiger partial charge is 0.144 e. The van der Waals surface area contributed by atoms with E-state index in [9.17, 15) is 0 Å². The third-order valence-electron chi connectivity index (χ3n) is 2.86. The van der Waals surface area contributed by atoms with Gasteiger partial charge in [-0.3, -0.25) is 0 Å². The number of unbranched alkanes of at least 4 members (excludes halogenated alkanes) is 1. The normalized spacial score (nSPS) is 10.7. The minimum absolute atomic E-state index is 0.546. The molecule has 0 atom stereocenters. The minimum Gasteiger partial charge on any atom is -0.369 e. The maximum Gasteiger partial charge on any atom is 0.144 e. The van der Waals surface area contributed by atoms with Gasteiger partial charge < -0.3 is 5.32 Å². The summed E-state index contributed by atoms with van der Waals surface area (Å²) >= 11 is 13.7. The lowest BCUT2D eigenvalue weighted by molar-refractivity contribution is 0.826. The Morgan fingerprint density at radius 1 is 1.29 bits per heavy atom. The maximum atomic E-state index is 6.20. The number of nitrogens with one attached hydrogen (secondary N) is 1. The molecule has 0 saturated carbocycles. The van der Waals surface area contributed by atoms with Crippen LogP contribution in [0.25, 0.3) is 0 Å². The second kappa shape index (κ2) is 7.87. The van der Waals surface area contributed by atoms with Gasteiger partial charge in [0.2, 0.25) is 0 Å². The monoisotopic (exact) mass is 341 g/mol. The summed E-state index contributed by atoms with van der Waals surface area (Å²) in [6.45, 7) is 5.02. The van der Waals surface area contributed by atoms with E-state index in [1.807, 2.05) is 19.1 Å². The molecule has 0 saturated heterocycles. The Labute approximate surface area is 139 Å². The molecule has 0 amide bonds. The van der Waals surface area contributed by atoms with Crippen LogP contribution in [0.1, 0.15) is 25.5 Å². The summed E-state index contributed by atoms with van der Waals surface area (Å²) in [5.74, 6) is 0.808. The Balaban J connectivity index is 2.12. The Kier molecular flexibility index (Phi) is 6.15. The van der Waals surface area contributed by atoms with Crippen LogP contribution in [0.3, 0.4) is 0 Å². The van der Waals surface area contributed by atoms with Crippen molar-refractivity contribution in [2.75, 3.05) is 11.9 Å². The first-order valence-electron chi connectivity index (χ1n) is 6.81. The zero-order valence-electron chi connectivity index (χ0n) is 12.0. The first-order valence-corrected chi connectivity index (χ1v) is 8.38. The zero-order valence-corrected chi connectivity index (χ0v) is 14.3. The third-order valence-corrected chi connectivity index (χ3v) is 4.95. The van der Waals surface area contributed by atoms with Crippen molar-refractivity contribution in [3.63, 3.8) is 0 Å². The first-order chi connectivity index (χ1) is 10.1. The van der Waals surface area contributed by atoms with Crippen molar-refractivity contribution in [1.82, 2.24) is 9.97 Å². The Morgan fingerprint density at radius 3 is 2.81 bits per heavy atom. The topological polar surface area (TPSA) is 37.8 Å². The predicted molar refractivity (Wildman–Crippen MR) is 90.8 cm³/mol. The third kappa shape index (κ3) is 4.50. The fourth-order valence-electron chi connectivity index (χ4n) is 1.72. The van der Waals surface area contributed by atoms with Crippen molar-refractivity contribution >= 4 is 40.8 Å². The van der Waals surface area contributed by atoms with Crippen LogP contribution in [-0.4, -0.2) is 16.5 Å². The van der Waals surface area contributed by atoms with E-state index >= 15 is 0 Å². The van der Waals surface area contributed by atoms with Crippen molar-refractivity contribution in [2.45, 2.75) is 36.6 Å². The molecule has 21 heavy (non-hydrogen) atoms. The van der Waals surface area contributed by atoms with Gasteiger partial charge in [-0.1, -0.05) is 54.4 Å². The van der Waals surface area contributed by atoms with Crippen molar-refractivity contribution in [3.8, 4) is 0 Å². The molecule has 0 fully saturated rings. The highest BCUT2D eigenvalue weighted by molar-refractivity contribution is 7.99. The molecular weight excluding hydrogens is 325 g/mol. The van der Waals surface area contributed by atoms with Crippen LogP contribution in [0.5, 0.6) is 0 Å². The lowest BCUT2D eigenvalue weighted by atomic mass is 10.3. The van der Waals surface area contributed by atoms with Crippen LogP contribution < -0.4 is 5.32 Å². The second-order valence-corrected chi connectivity index (χ2v) is 6.40. The van der Waals surface area contributed by atoms with Gasteiger partial charge in [-0.15, -0.1) is 0 Å². The average molecular weight is 342 g/mol. The van der Waals surface area contributed by atoms with Crippen LogP contribution in [0, 0.1) is 6.92 Å². The van der Waals surface area contributed by atoms with Crippen LogP contribution >= 0.6 is 35.0 Å². The lowest BCUT2D eigenvalue weighted by Crippen LogP contribution is -2.04. The van der Waals surface area contributed by atoms with Gasteiger partial charge in [-0.25, -0.2) is 9.97 Å². The minimum atomic E-state index is 0.546. The summed E-state index contributed by atoms with van der Waals surface area (Å²) in [6, 6.07) is 5.57. The Bertz CT molecular complexity index is 620. The number of aryl methyl sites for hydroxylation is 1. The number of nitrogens with zero attached hydrogens (tertiary/aromatic N) is 2. The predicted octanol–water partition coefficient (Wildman–Crippen LogP) is 5.46. The molecule has 112 valence electrons. The number of aromatic nitrogens is 2. The molecule has 1 aromatic heterocycles. The highest BCUT2D eigenvalue weighted by Gasteiger charge is 2.10. The molecule has 1 heterocycles. The maximum absolute atomic E-state index is 6.20. The van der Waals surface area contributed by atoms with E-state index in [-0.39, 0.29) is 0 Å². The molecule has 0 aliphatic carbocycles. The standard InChI is InChI=1S/C15H17Cl2N3S/c1-3-4-8-18-13-9-19-15(10(2)20-13)21-12-7-5-6-11(16)14(12)17/h5-7,9H,3-4,8H2,1-2H3,(H,18,20). The number of rotatable bonds is 6. The first kappa shape index (κ1) is 16.4. The van der Waals surface area contributed by atoms with Crippen molar-refractivity contribution in [2.24, 2.45) is 0 Å². The lowest BCUT2D eigenvalue weighted by Gasteiger charge is -2.09.